The maximum Gasteiger partial charge on any atom is 0.257 e. The summed E-state index contributed by atoms with van der Waals surface area (Å²) in [6, 6.07) is 10.4. The van der Waals surface area contributed by atoms with E-state index in [1.165, 1.54) is 6.07 Å². The molecule has 1 fully saturated rings. The van der Waals surface area contributed by atoms with Crippen LogP contribution in [0.25, 0.3) is 0 Å². The lowest BCUT2D eigenvalue weighted by molar-refractivity contribution is 0.0424. The highest BCUT2D eigenvalue weighted by atomic mass is 35.5. The number of anilines is 1. The maximum atomic E-state index is 13.2. The fraction of sp³-hybridized carbons (Fsp3) is 0.316. The summed E-state index contributed by atoms with van der Waals surface area (Å²) in [5, 5.41) is 14.4. The van der Waals surface area contributed by atoms with E-state index in [4.69, 9.17) is 27.9 Å². The van der Waals surface area contributed by atoms with Crippen LogP contribution >= 0.6 is 23.2 Å². The fourth-order valence-electron chi connectivity index (χ4n) is 3.53. The Morgan fingerprint density at radius 3 is 2.85 bits per heavy atom. The minimum atomic E-state index is -0.585. The number of benzene rings is 2. The quantitative estimate of drug-likeness (QED) is 0.809. The summed E-state index contributed by atoms with van der Waals surface area (Å²) in [5.74, 6) is -0.201. The normalized spacial score (nSPS) is 22.2. The van der Waals surface area contributed by atoms with Gasteiger partial charge in [0.15, 0.2) is 0 Å². The van der Waals surface area contributed by atoms with E-state index in [-0.39, 0.29) is 22.8 Å². The lowest BCUT2D eigenvalue weighted by Gasteiger charge is -2.39. The van der Waals surface area contributed by atoms with E-state index in [9.17, 15) is 9.90 Å². The van der Waals surface area contributed by atoms with Crippen molar-refractivity contribution in [2.45, 2.75) is 25.1 Å². The van der Waals surface area contributed by atoms with Crippen molar-refractivity contribution in [3.8, 4) is 5.75 Å². The molecule has 2 aromatic carbocycles. The molecule has 1 saturated heterocycles. The van der Waals surface area contributed by atoms with Crippen LogP contribution < -0.4 is 5.32 Å². The second-order valence-corrected chi connectivity index (χ2v) is 7.35. The van der Waals surface area contributed by atoms with E-state index in [0.29, 0.717) is 35.0 Å². The van der Waals surface area contributed by atoms with Crippen LogP contribution in [0.2, 0.25) is 10.0 Å². The van der Waals surface area contributed by atoms with Crippen LogP contribution in [-0.4, -0.2) is 35.2 Å². The highest BCUT2D eigenvalue weighted by Crippen LogP contribution is 2.41. The molecule has 2 heterocycles. The first-order chi connectivity index (χ1) is 12.5. The number of ether oxygens (including phenoxy) is 1. The molecule has 1 amide bonds. The second-order valence-electron chi connectivity index (χ2n) is 6.51. The van der Waals surface area contributed by atoms with E-state index >= 15 is 0 Å². The van der Waals surface area contributed by atoms with E-state index < -0.39 is 6.17 Å². The largest absolute Gasteiger partial charge is 0.506 e. The number of carbonyl (C=O) groups excluding carboxylic acids is 1. The van der Waals surface area contributed by atoms with Gasteiger partial charge in [0.25, 0.3) is 5.91 Å². The summed E-state index contributed by atoms with van der Waals surface area (Å²) < 4.78 is 5.72. The number of nitrogens with one attached hydrogen (secondary N) is 1. The SMILES string of the molecule is O=C1c2ccccc2N[C@@H](c2cc(Cl)cc(Cl)c2O)N1C[C@H]1CCCO1. The van der Waals surface area contributed by atoms with Gasteiger partial charge in [-0.3, -0.25) is 4.79 Å². The summed E-state index contributed by atoms with van der Waals surface area (Å²) in [4.78, 5) is 14.8. The third-order valence-electron chi connectivity index (χ3n) is 4.80. The van der Waals surface area contributed by atoms with Gasteiger partial charge in [-0.05, 0) is 37.1 Å². The third kappa shape index (κ3) is 3.11. The van der Waals surface area contributed by atoms with Crippen LogP contribution in [0.5, 0.6) is 5.75 Å². The topological polar surface area (TPSA) is 61.8 Å². The van der Waals surface area contributed by atoms with Crippen LogP contribution in [0.15, 0.2) is 36.4 Å². The fourth-order valence-corrected chi connectivity index (χ4v) is 4.04. The van der Waals surface area contributed by atoms with Crippen molar-refractivity contribution in [1.82, 2.24) is 4.90 Å². The second kappa shape index (κ2) is 6.99. The monoisotopic (exact) mass is 392 g/mol. The predicted octanol–water partition coefficient (Wildman–Crippen LogP) is 4.44. The first-order valence-electron chi connectivity index (χ1n) is 8.50. The van der Waals surface area contributed by atoms with Crippen molar-refractivity contribution in [2.75, 3.05) is 18.5 Å². The number of nitrogens with zero attached hydrogens (tertiary/aromatic N) is 1. The molecule has 2 N–H and O–H groups in total. The molecule has 0 saturated carbocycles. The summed E-state index contributed by atoms with van der Waals surface area (Å²) in [5.41, 5.74) is 1.76. The van der Waals surface area contributed by atoms with Crippen LogP contribution in [0.3, 0.4) is 0 Å². The Bertz CT molecular complexity index is 853. The first kappa shape index (κ1) is 17.5. The van der Waals surface area contributed by atoms with E-state index in [0.717, 1.165) is 12.8 Å². The van der Waals surface area contributed by atoms with Gasteiger partial charge in [0.2, 0.25) is 0 Å². The van der Waals surface area contributed by atoms with Crippen molar-refractivity contribution in [1.29, 1.82) is 0 Å². The average molecular weight is 393 g/mol. The number of phenolic OH excluding ortho intramolecular Hbond substituents is 1. The standard InChI is InChI=1S/C19H18Cl2N2O3/c20-11-8-14(17(24)15(21)9-11)18-22-16-6-2-1-5-13(16)19(25)23(18)10-12-4-3-7-26-12/h1-2,5-6,8-9,12,18,22,24H,3-4,7,10H2/t12-,18-/m1/s1. The smallest absolute Gasteiger partial charge is 0.257 e. The van der Waals surface area contributed by atoms with Gasteiger partial charge in [0, 0.05) is 29.4 Å². The lowest BCUT2D eigenvalue weighted by atomic mass is 10.0. The van der Waals surface area contributed by atoms with E-state index in [2.05, 4.69) is 5.32 Å². The Labute approximate surface area is 161 Å². The number of hydrogen-bond donors (Lipinski definition) is 2. The molecule has 0 radical (unpaired) electrons. The van der Waals surface area contributed by atoms with Crippen LogP contribution in [0.1, 0.15) is 34.9 Å². The van der Waals surface area contributed by atoms with Gasteiger partial charge in [0.05, 0.1) is 16.7 Å². The van der Waals surface area contributed by atoms with Crippen molar-refractivity contribution >= 4 is 34.8 Å². The van der Waals surface area contributed by atoms with Gasteiger partial charge >= 0.3 is 0 Å². The van der Waals surface area contributed by atoms with Crippen LogP contribution in [-0.2, 0) is 4.74 Å². The van der Waals surface area contributed by atoms with Crippen molar-refractivity contribution in [3.05, 3.63) is 57.6 Å². The Balaban J connectivity index is 1.78. The molecule has 4 rings (SSSR count). The molecule has 0 aromatic heterocycles. The Morgan fingerprint density at radius 2 is 2.08 bits per heavy atom. The number of para-hydroxylation sites is 1. The average Bonchev–Trinajstić information content (AvgIpc) is 3.14. The molecule has 2 aromatic rings. The molecule has 0 aliphatic carbocycles. The Morgan fingerprint density at radius 1 is 1.27 bits per heavy atom. The Hall–Kier alpha value is -1.95. The van der Waals surface area contributed by atoms with E-state index in [1.807, 2.05) is 18.2 Å². The summed E-state index contributed by atoms with van der Waals surface area (Å²) in [6.45, 7) is 1.13. The van der Waals surface area contributed by atoms with Gasteiger partial charge in [0.1, 0.15) is 11.9 Å². The van der Waals surface area contributed by atoms with Gasteiger partial charge in [-0.15, -0.1) is 0 Å². The minimum Gasteiger partial charge on any atom is -0.506 e. The number of aromatic hydroxyl groups is 1. The molecule has 0 spiro atoms. The molecule has 0 bridgehead atoms. The number of hydrogen-bond acceptors (Lipinski definition) is 4. The molecule has 2 atom stereocenters. The number of rotatable bonds is 3. The number of carbonyl (C=O) groups is 1. The molecule has 2 aliphatic rings. The molecule has 2 aliphatic heterocycles. The highest BCUT2D eigenvalue weighted by molar-refractivity contribution is 6.35. The van der Waals surface area contributed by atoms with Crippen LogP contribution in [0, 0.1) is 0 Å². The Kier molecular flexibility index (Phi) is 4.69. The van der Waals surface area contributed by atoms with Gasteiger partial charge < -0.3 is 20.1 Å². The van der Waals surface area contributed by atoms with Gasteiger partial charge in [-0.1, -0.05) is 35.3 Å². The number of halogens is 2. The third-order valence-corrected chi connectivity index (χ3v) is 5.31. The lowest BCUT2D eigenvalue weighted by Crippen LogP contribution is -2.46. The van der Waals surface area contributed by atoms with Gasteiger partial charge in [-0.25, -0.2) is 0 Å². The molecule has 26 heavy (non-hydrogen) atoms. The van der Waals surface area contributed by atoms with Crippen LogP contribution in [0.4, 0.5) is 5.69 Å². The van der Waals surface area contributed by atoms with Crippen molar-refractivity contribution in [3.63, 3.8) is 0 Å². The molecule has 5 nitrogen and oxygen atoms in total. The molecular formula is C19H18Cl2N2O3. The molecule has 136 valence electrons. The zero-order valence-electron chi connectivity index (χ0n) is 13.9. The number of amides is 1. The highest BCUT2D eigenvalue weighted by Gasteiger charge is 2.36. The van der Waals surface area contributed by atoms with Crippen molar-refractivity contribution in [2.24, 2.45) is 0 Å². The van der Waals surface area contributed by atoms with Crippen molar-refractivity contribution < 1.29 is 14.6 Å². The summed E-state index contributed by atoms with van der Waals surface area (Å²) in [6.07, 6.45) is 1.28. The summed E-state index contributed by atoms with van der Waals surface area (Å²) in [7, 11) is 0. The number of phenols is 1. The van der Waals surface area contributed by atoms with E-state index in [1.54, 1.807) is 17.0 Å². The maximum absolute atomic E-state index is 13.2. The minimum absolute atomic E-state index is 0.0229. The van der Waals surface area contributed by atoms with Gasteiger partial charge in [-0.2, -0.15) is 0 Å². The first-order valence-corrected chi connectivity index (χ1v) is 9.26. The predicted molar refractivity (Wildman–Crippen MR) is 101 cm³/mol. The zero-order valence-corrected chi connectivity index (χ0v) is 15.4. The molecule has 0 unspecified atom stereocenters. The molecule has 7 heteroatoms. The number of fused-ring (bicyclic) bond motifs is 1. The molecular weight excluding hydrogens is 375 g/mol. The zero-order chi connectivity index (χ0) is 18.3. The summed E-state index contributed by atoms with van der Waals surface area (Å²) >= 11 is 12.2.